The topological polar surface area (TPSA) is 68.5 Å². The van der Waals surface area contributed by atoms with Gasteiger partial charge in [-0.25, -0.2) is 0 Å². The van der Waals surface area contributed by atoms with E-state index >= 15 is 0 Å². The fourth-order valence-corrected chi connectivity index (χ4v) is 3.17. The molecule has 0 bridgehead atoms. The normalized spacial score (nSPS) is 11.0. The van der Waals surface area contributed by atoms with E-state index in [4.69, 9.17) is 20.8 Å². The Bertz CT molecular complexity index is 1000. The number of rotatable bonds is 7. The van der Waals surface area contributed by atoms with Crippen LogP contribution in [0.4, 0.5) is 0 Å². The molecule has 0 radical (unpaired) electrons. The number of hydrogen-bond acceptors (Lipinski definition) is 5. The maximum Gasteiger partial charge on any atom is 0.261 e. The van der Waals surface area contributed by atoms with Crippen LogP contribution in [0.1, 0.15) is 30.9 Å². The van der Waals surface area contributed by atoms with Gasteiger partial charge in [0.1, 0.15) is 5.75 Å². The molecule has 0 saturated heterocycles. The lowest BCUT2D eigenvalue weighted by Gasteiger charge is -2.25. The molecule has 3 aromatic rings. The highest BCUT2D eigenvalue weighted by Crippen LogP contribution is 2.26. The van der Waals surface area contributed by atoms with Gasteiger partial charge in [0, 0.05) is 6.04 Å². The molecule has 1 aromatic heterocycles. The van der Waals surface area contributed by atoms with Gasteiger partial charge in [-0.3, -0.25) is 4.79 Å². The van der Waals surface area contributed by atoms with Gasteiger partial charge < -0.3 is 14.1 Å². The minimum Gasteiger partial charge on any atom is -0.483 e. The van der Waals surface area contributed by atoms with Gasteiger partial charge in [0.2, 0.25) is 11.8 Å². The molecule has 0 aliphatic rings. The second-order valence-electron chi connectivity index (χ2n) is 7.15. The third-order valence-corrected chi connectivity index (χ3v) is 4.83. The van der Waals surface area contributed by atoms with Crippen LogP contribution >= 0.6 is 11.6 Å². The third kappa shape index (κ3) is 5.15. The number of aromatic nitrogens is 2. The summed E-state index contributed by atoms with van der Waals surface area (Å²) in [6.45, 7) is 7.98. The van der Waals surface area contributed by atoms with Crippen LogP contribution < -0.4 is 4.74 Å². The monoisotopic (exact) mass is 413 g/mol. The van der Waals surface area contributed by atoms with Crippen LogP contribution in [-0.2, 0) is 11.3 Å². The Morgan fingerprint density at radius 2 is 1.93 bits per heavy atom. The summed E-state index contributed by atoms with van der Waals surface area (Å²) in [6, 6.07) is 13.1. The number of hydrogen-bond donors (Lipinski definition) is 0. The fourth-order valence-electron chi connectivity index (χ4n) is 2.95. The molecule has 152 valence electrons. The molecule has 1 heterocycles. The standard InChI is InChI=1S/C22H24ClN3O3/c1-14(2)26(21(27)13-28-19-10-9-15(3)11-16(19)4)12-20-24-25-22(29-20)17-7-5-6-8-18(17)23/h5-11,14H,12-13H2,1-4H3. The second kappa shape index (κ2) is 9.09. The predicted molar refractivity (Wildman–Crippen MR) is 112 cm³/mol. The second-order valence-corrected chi connectivity index (χ2v) is 7.56. The van der Waals surface area contributed by atoms with Crippen LogP contribution in [0.2, 0.25) is 5.02 Å². The smallest absolute Gasteiger partial charge is 0.261 e. The van der Waals surface area contributed by atoms with Crippen molar-refractivity contribution in [3.8, 4) is 17.2 Å². The molecule has 0 saturated carbocycles. The first-order chi connectivity index (χ1) is 13.8. The first-order valence-corrected chi connectivity index (χ1v) is 9.79. The summed E-state index contributed by atoms with van der Waals surface area (Å²) in [6.07, 6.45) is 0. The van der Waals surface area contributed by atoms with Crippen molar-refractivity contribution in [2.75, 3.05) is 6.61 Å². The zero-order valence-electron chi connectivity index (χ0n) is 17.0. The maximum absolute atomic E-state index is 12.8. The minimum atomic E-state index is -0.155. The van der Waals surface area contributed by atoms with Gasteiger partial charge >= 0.3 is 0 Å². The van der Waals surface area contributed by atoms with Gasteiger partial charge in [0.25, 0.3) is 5.91 Å². The molecule has 2 aromatic carbocycles. The van der Waals surface area contributed by atoms with Gasteiger partial charge in [-0.15, -0.1) is 10.2 Å². The molecule has 6 nitrogen and oxygen atoms in total. The van der Waals surface area contributed by atoms with Gasteiger partial charge in [-0.2, -0.15) is 0 Å². The average Bonchev–Trinajstić information content (AvgIpc) is 3.14. The van der Waals surface area contributed by atoms with E-state index in [0.29, 0.717) is 28.1 Å². The average molecular weight is 414 g/mol. The molecule has 0 aliphatic heterocycles. The molecular weight excluding hydrogens is 390 g/mol. The summed E-state index contributed by atoms with van der Waals surface area (Å²) in [5.41, 5.74) is 2.81. The number of aryl methyl sites for hydroxylation is 2. The first-order valence-electron chi connectivity index (χ1n) is 9.42. The summed E-state index contributed by atoms with van der Waals surface area (Å²) in [7, 11) is 0. The van der Waals surface area contributed by atoms with Crippen molar-refractivity contribution in [3.63, 3.8) is 0 Å². The van der Waals surface area contributed by atoms with Crippen molar-refractivity contribution in [3.05, 3.63) is 64.5 Å². The van der Waals surface area contributed by atoms with E-state index in [0.717, 1.165) is 11.1 Å². The van der Waals surface area contributed by atoms with E-state index in [9.17, 15) is 4.79 Å². The van der Waals surface area contributed by atoms with E-state index in [1.807, 2.05) is 64.1 Å². The largest absolute Gasteiger partial charge is 0.483 e. The molecule has 0 spiro atoms. The molecule has 0 N–H and O–H groups in total. The van der Waals surface area contributed by atoms with Gasteiger partial charge in [-0.1, -0.05) is 41.4 Å². The molecule has 0 atom stereocenters. The number of ether oxygens (including phenoxy) is 1. The van der Waals surface area contributed by atoms with E-state index in [1.165, 1.54) is 0 Å². The molecule has 1 amide bonds. The summed E-state index contributed by atoms with van der Waals surface area (Å²) < 4.78 is 11.5. The lowest BCUT2D eigenvalue weighted by atomic mass is 10.1. The van der Waals surface area contributed by atoms with Crippen molar-refractivity contribution in [2.45, 2.75) is 40.3 Å². The molecular formula is C22H24ClN3O3. The van der Waals surface area contributed by atoms with Crippen LogP contribution in [0.25, 0.3) is 11.5 Å². The molecule has 0 unspecified atom stereocenters. The molecule has 0 aliphatic carbocycles. The van der Waals surface area contributed by atoms with Crippen molar-refractivity contribution < 1.29 is 13.9 Å². The number of nitrogens with zero attached hydrogens (tertiary/aromatic N) is 3. The number of amides is 1. The number of halogens is 1. The highest BCUT2D eigenvalue weighted by atomic mass is 35.5. The molecule has 29 heavy (non-hydrogen) atoms. The minimum absolute atomic E-state index is 0.0547. The van der Waals surface area contributed by atoms with Crippen molar-refractivity contribution in [1.29, 1.82) is 0 Å². The van der Waals surface area contributed by atoms with Gasteiger partial charge in [-0.05, 0) is 51.5 Å². The van der Waals surface area contributed by atoms with Crippen LogP contribution in [0, 0.1) is 13.8 Å². The Labute approximate surface area is 175 Å². The van der Waals surface area contributed by atoms with Gasteiger partial charge in [0.15, 0.2) is 6.61 Å². The van der Waals surface area contributed by atoms with E-state index in [2.05, 4.69) is 10.2 Å². The lowest BCUT2D eigenvalue weighted by molar-refractivity contribution is -0.136. The van der Waals surface area contributed by atoms with Crippen LogP contribution in [0.15, 0.2) is 46.9 Å². The number of benzene rings is 2. The van der Waals surface area contributed by atoms with Crippen LogP contribution in [0.5, 0.6) is 5.75 Å². The highest BCUT2D eigenvalue weighted by Gasteiger charge is 2.22. The zero-order chi connectivity index (χ0) is 21.0. The Morgan fingerprint density at radius 3 is 2.62 bits per heavy atom. The summed E-state index contributed by atoms with van der Waals surface area (Å²) >= 11 is 6.19. The molecule has 3 rings (SSSR count). The Morgan fingerprint density at radius 1 is 1.17 bits per heavy atom. The first kappa shape index (κ1) is 20.9. The SMILES string of the molecule is Cc1ccc(OCC(=O)N(Cc2nnc(-c3ccccc3Cl)o2)C(C)C)c(C)c1. The zero-order valence-corrected chi connectivity index (χ0v) is 17.7. The number of carbonyl (C=O) groups excluding carboxylic acids is 1. The predicted octanol–water partition coefficient (Wildman–Crippen LogP) is 4.82. The van der Waals surface area contributed by atoms with E-state index in [1.54, 1.807) is 11.0 Å². The van der Waals surface area contributed by atoms with E-state index < -0.39 is 0 Å². The Balaban J connectivity index is 1.68. The van der Waals surface area contributed by atoms with Crippen LogP contribution in [-0.4, -0.2) is 33.7 Å². The summed E-state index contributed by atoms with van der Waals surface area (Å²) in [4.78, 5) is 14.4. The maximum atomic E-state index is 12.8. The molecule has 7 heteroatoms. The van der Waals surface area contributed by atoms with Crippen molar-refractivity contribution in [1.82, 2.24) is 15.1 Å². The Kier molecular flexibility index (Phi) is 6.54. The van der Waals surface area contributed by atoms with Gasteiger partial charge in [0.05, 0.1) is 17.1 Å². The van der Waals surface area contributed by atoms with Crippen molar-refractivity contribution >= 4 is 17.5 Å². The Hall–Kier alpha value is -2.86. The quantitative estimate of drug-likeness (QED) is 0.555. The lowest BCUT2D eigenvalue weighted by Crippen LogP contribution is -2.39. The molecule has 0 fully saturated rings. The van der Waals surface area contributed by atoms with E-state index in [-0.39, 0.29) is 25.1 Å². The number of carbonyl (C=O) groups is 1. The fraction of sp³-hybridized carbons (Fsp3) is 0.318. The highest BCUT2D eigenvalue weighted by molar-refractivity contribution is 6.33. The summed E-state index contributed by atoms with van der Waals surface area (Å²) in [5, 5.41) is 8.66. The van der Waals surface area contributed by atoms with Crippen LogP contribution in [0.3, 0.4) is 0 Å². The summed E-state index contributed by atoms with van der Waals surface area (Å²) in [5.74, 6) is 1.21. The third-order valence-electron chi connectivity index (χ3n) is 4.50. The van der Waals surface area contributed by atoms with Crippen molar-refractivity contribution in [2.24, 2.45) is 0 Å².